The number of nitro groups is 1. The molecule has 0 aromatic heterocycles. The summed E-state index contributed by atoms with van der Waals surface area (Å²) < 4.78 is 10.4. The molecular weight excluding hydrogens is 390 g/mol. The Morgan fingerprint density at radius 1 is 1.17 bits per heavy atom. The minimum Gasteiger partial charge on any atom is -0.495 e. The predicted octanol–water partition coefficient (Wildman–Crippen LogP) is 3.31. The Hall–Kier alpha value is -3.62. The first-order chi connectivity index (χ1) is 14.4. The second-order valence-corrected chi connectivity index (χ2v) is 6.98. The van der Waals surface area contributed by atoms with Gasteiger partial charge in [0, 0.05) is 25.2 Å². The zero-order valence-corrected chi connectivity index (χ0v) is 16.8. The van der Waals surface area contributed by atoms with E-state index in [1.165, 1.54) is 19.2 Å². The predicted molar refractivity (Wildman–Crippen MR) is 111 cm³/mol. The molecule has 9 heteroatoms. The number of carbonyl (C=O) groups excluding carboxylic acids is 2. The van der Waals surface area contributed by atoms with Crippen LogP contribution in [0.3, 0.4) is 0 Å². The summed E-state index contributed by atoms with van der Waals surface area (Å²) in [7, 11) is 1.49. The van der Waals surface area contributed by atoms with Crippen molar-refractivity contribution in [1.82, 2.24) is 0 Å². The molecule has 0 unspecified atom stereocenters. The Balaban J connectivity index is 1.72. The zero-order chi connectivity index (χ0) is 21.7. The number of rotatable bonds is 7. The van der Waals surface area contributed by atoms with E-state index in [0.29, 0.717) is 17.1 Å². The number of nitro benzene ring substituents is 1. The lowest BCUT2D eigenvalue weighted by Crippen LogP contribution is -2.24. The Morgan fingerprint density at radius 2 is 1.90 bits per heavy atom. The summed E-state index contributed by atoms with van der Waals surface area (Å²) in [6, 6.07) is 9.42. The molecule has 2 aromatic carbocycles. The molecule has 0 aliphatic carbocycles. The van der Waals surface area contributed by atoms with Crippen molar-refractivity contribution in [2.75, 3.05) is 37.0 Å². The number of amides is 1. The molecule has 0 saturated carbocycles. The maximum absolute atomic E-state index is 12.7. The van der Waals surface area contributed by atoms with Gasteiger partial charge in [0.2, 0.25) is 0 Å². The number of hydrogen-bond donors (Lipinski definition) is 1. The van der Waals surface area contributed by atoms with Gasteiger partial charge in [-0.1, -0.05) is 6.07 Å². The van der Waals surface area contributed by atoms with Crippen LogP contribution >= 0.6 is 0 Å². The average Bonchev–Trinajstić information content (AvgIpc) is 3.26. The van der Waals surface area contributed by atoms with Crippen LogP contribution < -0.4 is 15.0 Å². The Bertz CT molecular complexity index is 969. The summed E-state index contributed by atoms with van der Waals surface area (Å²) in [5, 5.41) is 13.8. The maximum atomic E-state index is 12.7. The Morgan fingerprint density at radius 3 is 2.57 bits per heavy atom. The molecule has 0 spiro atoms. The highest BCUT2D eigenvalue weighted by atomic mass is 16.6. The fourth-order valence-corrected chi connectivity index (χ4v) is 3.35. The third-order valence-electron chi connectivity index (χ3n) is 4.82. The van der Waals surface area contributed by atoms with E-state index in [4.69, 9.17) is 9.47 Å². The molecule has 1 fully saturated rings. The van der Waals surface area contributed by atoms with Crippen LogP contribution in [-0.2, 0) is 9.53 Å². The van der Waals surface area contributed by atoms with E-state index in [-0.39, 0.29) is 11.3 Å². The largest absolute Gasteiger partial charge is 0.495 e. The van der Waals surface area contributed by atoms with Crippen molar-refractivity contribution in [3.8, 4) is 5.75 Å². The normalized spacial score (nSPS) is 13.1. The van der Waals surface area contributed by atoms with Gasteiger partial charge in [-0.05, 0) is 43.5 Å². The van der Waals surface area contributed by atoms with Crippen molar-refractivity contribution < 1.29 is 24.0 Å². The van der Waals surface area contributed by atoms with Crippen LogP contribution in [0, 0.1) is 17.0 Å². The summed E-state index contributed by atoms with van der Waals surface area (Å²) >= 11 is 0. The topological polar surface area (TPSA) is 111 Å². The van der Waals surface area contributed by atoms with Crippen molar-refractivity contribution >= 4 is 28.9 Å². The summed E-state index contributed by atoms with van der Waals surface area (Å²) in [5.41, 5.74) is 1.83. The van der Waals surface area contributed by atoms with Gasteiger partial charge in [-0.25, -0.2) is 4.79 Å². The highest BCUT2D eigenvalue weighted by molar-refractivity contribution is 5.99. The summed E-state index contributed by atoms with van der Waals surface area (Å²) in [4.78, 5) is 37.5. The molecule has 0 radical (unpaired) electrons. The van der Waals surface area contributed by atoms with E-state index < -0.39 is 23.4 Å². The number of aryl methyl sites for hydroxylation is 1. The number of nitrogens with one attached hydrogen (secondary N) is 1. The number of non-ortho nitro benzene ring substituents is 1. The summed E-state index contributed by atoms with van der Waals surface area (Å²) in [6.07, 6.45) is 1.96. The van der Waals surface area contributed by atoms with E-state index in [1.54, 1.807) is 18.2 Å². The first-order valence-corrected chi connectivity index (χ1v) is 9.54. The molecule has 1 N–H and O–H groups in total. The number of anilines is 2. The SMILES string of the molecule is COc1ccc(C)cc1NC(=O)COC(=O)c1cc([N+](=O)[O-])ccc1N1CCCC1. The van der Waals surface area contributed by atoms with E-state index in [1.807, 2.05) is 17.9 Å². The molecule has 0 atom stereocenters. The van der Waals surface area contributed by atoms with Gasteiger partial charge in [-0.15, -0.1) is 0 Å². The fourth-order valence-electron chi connectivity index (χ4n) is 3.35. The van der Waals surface area contributed by atoms with Gasteiger partial charge in [-0.2, -0.15) is 0 Å². The molecule has 2 aromatic rings. The molecule has 0 bridgehead atoms. The van der Waals surface area contributed by atoms with Crippen LogP contribution in [0.15, 0.2) is 36.4 Å². The number of hydrogen-bond acceptors (Lipinski definition) is 7. The Kier molecular flexibility index (Phi) is 6.51. The van der Waals surface area contributed by atoms with Crippen LogP contribution in [0.5, 0.6) is 5.75 Å². The highest BCUT2D eigenvalue weighted by Gasteiger charge is 2.24. The molecule has 9 nitrogen and oxygen atoms in total. The van der Waals surface area contributed by atoms with Gasteiger partial charge in [0.1, 0.15) is 5.75 Å². The van der Waals surface area contributed by atoms with Crippen LogP contribution in [0.25, 0.3) is 0 Å². The third kappa shape index (κ3) is 4.86. The smallest absolute Gasteiger partial charge is 0.341 e. The first kappa shape index (κ1) is 21.1. The van der Waals surface area contributed by atoms with E-state index in [0.717, 1.165) is 31.5 Å². The third-order valence-corrected chi connectivity index (χ3v) is 4.82. The summed E-state index contributed by atoms with van der Waals surface area (Å²) in [6.45, 7) is 2.85. The van der Waals surface area contributed by atoms with Gasteiger partial charge >= 0.3 is 5.97 Å². The molecule has 1 aliphatic rings. The van der Waals surface area contributed by atoms with Gasteiger partial charge in [0.15, 0.2) is 6.61 Å². The van der Waals surface area contributed by atoms with Crippen molar-refractivity contribution in [3.05, 3.63) is 57.6 Å². The second kappa shape index (κ2) is 9.25. The van der Waals surface area contributed by atoms with Crippen LogP contribution in [0.2, 0.25) is 0 Å². The molecule has 158 valence electrons. The molecule has 1 amide bonds. The molecule has 1 heterocycles. The van der Waals surface area contributed by atoms with Crippen molar-refractivity contribution in [3.63, 3.8) is 0 Å². The lowest BCUT2D eigenvalue weighted by Gasteiger charge is -2.20. The molecule has 3 rings (SSSR count). The van der Waals surface area contributed by atoms with Crippen LogP contribution in [0.4, 0.5) is 17.1 Å². The van der Waals surface area contributed by atoms with Crippen molar-refractivity contribution in [2.24, 2.45) is 0 Å². The number of esters is 1. The standard InChI is InChI=1S/C21H23N3O6/c1-14-5-8-19(29-2)17(11-14)22-20(25)13-30-21(26)16-12-15(24(27)28)6-7-18(16)23-9-3-4-10-23/h5-8,11-12H,3-4,9-10,13H2,1-2H3,(H,22,25). The van der Waals surface area contributed by atoms with Gasteiger partial charge in [-0.3, -0.25) is 14.9 Å². The second-order valence-electron chi connectivity index (χ2n) is 6.98. The monoisotopic (exact) mass is 413 g/mol. The Labute approximate surface area is 173 Å². The van der Waals surface area contributed by atoms with Crippen LogP contribution in [-0.4, -0.2) is 43.6 Å². The minimum absolute atomic E-state index is 0.0760. The van der Waals surface area contributed by atoms with E-state index in [2.05, 4.69) is 5.32 Å². The molecule has 1 aliphatic heterocycles. The molecule has 30 heavy (non-hydrogen) atoms. The number of carbonyl (C=O) groups is 2. The lowest BCUT2D eigenvalue weighted by molar-refractivity contribution is -0.384. The van der Waals surface area contributed by atoms with E-state index in [9.17, 15) is 19.7 Å². The first-order valence-electron chi connectivity index (χ1n) is 9.54. The van der Waals surface area contributed by atoms with Gasteiger partial charge in [0.25, 0.3) is 11.6 Å². The average molecular weight is 413 g/mol. The molecule has 1 saturated heterocycles. The summed E-state index contributed by atoms with van der Waals surface area (Å²) in [5.74, 6) is -0.845. The number of ether oxygens (including phenoxy) is 2. The highest BCUT2D eigenvalue weighted by Crippen LogP contribution is 2.29. The number of benzene rings is 2. The quantitative estimate of drug-likeness (QED) is 0.421. The number of methoxy groups -OCH3 is 1. The number of nitrogens with zero attached hydrogens (tertiary/aromatic N) is 2. The fraction of sp³-hybridized carbons (Fsp3) is 0.333. The van der Waals surface area contributed by atoms with E-state index >= 15 is 0 Å². The lowest BCUT2D eigenvalue weighted by atomic mass is 10.1. The van der Waals surface area contributed by atoms with Gasteiger partial charge in [0.05, 0.1) is 29.0 Å². The van der Waals surface area contributed by atoms with Crippen molar-refractivity contribution in [1.29, 1.82) is 0 Å². The maximum Gasteiger partial charge on any atom is 0.341 e. The minimum atomic E-state index is -0.785. The van der Waals surface area contributed by atoms with Crippen molar-refractivity contribution in [2.45, 2.75) is 19.8 Å². The molecular formula is C21H23N3O6. The van der Waals surface area contributed by atoms with Crippen LogP contribution in [0.1, 0.15) is 28.8 Å². The van der Waals surface area contributed by atoms with Gasteiger partial charge < -0.3 is 19.7 Å². The zero-order valence-electron chi connectivity index (χ0n) is 16.8.